The Morgan fingerprint density at radius 3 is 2.50 bits per heavy atom. The van der Waals surface area contributed by atoms with Gasteiger partial charge >= 0.3 is 12.2 Å². The van der Waals surface area contributed by atoms with Crippen LogP contribution in [0.4, 0.5) is 18.7 Å². The van der Waals surface area contributed by atoms with E-state index in [4.69, 9.17) is 14.5 Å². The van der Waals surface area contributed by atoms with E-state index in [1.165, 1.54) is 28.7 Å². The number of hydrogen-bond acceptors (Lipinski definition) is 9. The van der Waals surface area contributed by atoms with Gasteiger partial charge in [0.15, 0.2) is 10.7 Å². The maximum Gasteiger partial charge on any atom is 0.426 e. The molecule has 1 atom stereocenters. The Hall–Kier alpha value is -2.57. The van der Waals surface area contributed by atoms with E-state index in [1.54, 1.807) is 17.2 Å². The average molecular weight is 541 g/mol. The number of rotatable bonds is 5. The maximum atomic E-state index is 14.6. The van der Waals surface area contributed by atoms with Crippen molar-refractivity contribution < 1.29 is 28.2 Å². The largest absolute Gasteiger partial charge is 0.444 e. The molecule has 3 aromatic rings. The van der Waals surface area contributed by atoms with E-state index < -0.39 is 17.3 Å². The third kappa shape index (κ3) is 5.40. The molecule has 4 rings (SSSR count). The fourth-order valence-electron chi connectivity index (χ4n) is 3.70. The van der Waals surface area contributed by atoms with E-state index >= 15 is 0 Å². The van der Waals surface area contributed by atoms with Gasteiger partial charge in [0.25, 0.3) is 0 Å². The summed E-state index contributed by atoms with van der Waals surface area (Å²) in [5, 5.41) is 13.1. The quantitative estimate of drug-likeness (QED) is 0.450. The normalized spacial score (nSPS) is 17.5. The lowest BCUT2D eigenvalue weighted by Gasteiger charge is -2.40. The first-order valence-electron chi connectivity index (χ1n) is 11.5. The molecule has 1 saturated heterocycles. The first-order chi connectivity index (χ1) is 16.7. The Kier molecular flexibility index (Phi) is 6.91. The topological polar surface area (TPSA) is 88.0 Å². The lowest BCUT2D eigenvalue weighted by atomic mass is 10.1. The van der Waals surface area contributed by atoms with Crippen LogP contribution in [0, 0.1) is 0 Å². The summed E-state index contributed by atoms with van der Waals surface area (Å²) in [7, 11) is 0. The standard InChI is InChI=1S/C24H30F2N4O4S2/c1-14-13-29(10-11-30(14)21(31)34-22(2,3)4)20-28-17-15(19-27-9-12-35-19)7-8-16(18(17)36-20)33-24(25,26)23(5,6)32/h7-9,12,14,32H,10-11,13H2,1-6H3/t14-/m0/s1. The molecule has 1 fully saturated rings. The van der Waals surface area contributed by atoms with Crippen LogP contribution in [0.15, 0.2) is 23.7 Å². The van der Waals surface area contributed by atoms with Crippen LogP contribution in [0.2, 0.25) is 0 Å². The van der Waals surface area contributed by atoms with Crippen LogP contribution >= 0.6 is 22.7 Å². The second kappa shape index (κ2) is 9.38. The van der Waals surface area contributed by atoms with Gasteiger partial charge in [-0.2, -0.15) is 8.78 Å². The molecule has 3 heterocycles. The Labute approximate surface area is 216 Å². The third-order valence-corrected chi connectivity index (χ3v) is 7.57. The molecule has 0 spiro atoms. The number of piperazine rings is 1. The molecule has 196 valence electrons. The zero-order valence-corrected chi connectivity index (χ0v) is 22.7. The Morgan fingerprint density at radius 2 is 1.92 bits per heavy atom. The highest BCUT2D eigenvalue weighted by atomic mass is 32.1. The number of halogens is 2. The summed E-state index contributed by atoms with van der Waals surface area (Å²) in [4.78, 5) is 25.5. The van der Waals surface area contributed by atoms with Gasteiger partial charge in [-0.3, -0.25) is 0 Å². The monoisotopic (exact) mass is 540 g/mol. The van der Waals surface area contributed by atoms with E-state index in [-0.39, 0.29) is 17.9 Å². The van der Waals surface area contributed by atoms with Crippen molar-refractivity contribution in [1.29, 1.82) is 0 Å². The smallest absolute Gasteiger partial charge is 0.426 e. The van der Waals surface area contributed by atoms with Crippen LogP contribution in [0.1, 0.15) is 41.5 Å². The molecule has 2 aromatic heterocycles. The van der Waals surface area contributed by atoms with E-state index in [1.807, 2.05) is 38.0 Å². The van der Waals surface area contributed by atoms with Crippen molar-refractivity contribution in [2.45, 2.75) is 64.9 Å². The van der Waals surface area contributed by atoms with Crippen LogP contribution in [0.3, 0.4) is 0 Å². The number of anilines is 1. The minimum Gasteiger partial charge on any atom is -0.444 e. The van der Waals surface area contributed by atoms with Gasteiger partial charge in [0.05, 0.1) is 10.2 Å². The third-order valence-electron chi connectivity index (χ3n) is 5.64. The van der Waals surface area contributed by atoms with Crippen molar-refractivity contribution in [2.24, 2.45) is 0 Å². The number of benzene rings is 1. The summed E-state index contributed by atoms with van der Waals surface area (Å²) in [6.45, 7) is 10.9. The van der Waals surface area contributed by atoms with E-state index in [0.29, 0.717) is 45.6 Å². The van der Waals surface area contributed by atoms with Gasteiger partial charge in [-0.15, -0.1) is 11.3 Å². The summed E-state index contributed by atoms with van der Waals surface area (Å²) in [5.41, 5.74) is -1.76. The molecular weight excluding hydrogens is 510 g/mol. The predicted octanol–water partition coefficient (Wildman–Crippen LogP) is 5.61. The van der Waals surface area contributed by atoms with Gasteiger partial charge in [-0.25, -0.2) is 14.8 Å². The van der Waals surface area contributed by atoms with Crippen molar-refractivity contribution in [3.8, 4) is 16.3 Å². The van der Waals surface area contributed by atoms with Crippen LogP contribution in [0.25, 0.3) is 20.8 Å². The number of ether oxygens (including phenoxy) is 2. The van der Waals surface area contributed by atoms with Gasteiger partial charge in [-0.1, -0.05) is 11.3 Å². The zero-order chi connectivity index (χ0) is 26.5. The van der Waals surface area contributed by atoms with Crippen LogP contribution in [0.5, 0.6) is 5.75 Å². The Balaban J connectivity index is 1.67. The second-order valence-electron chi connectivity index (χ2n) is 10.3. The molecule has 0 radical (unpaired) electrons. The fraction of sp³-hybridized carbons (Fsp3) is 0.542. The van der Waals surface area contributed by atoms with Gasteiger partial charge in [0.2, 0.25) is 0 Å². The number of amides is 1. The first kappa shape index (κ1) is 26.5. The number of carbonyl (C=O) groups is 1. The summed E-state index contributed by atoms with van der Waals surface area (Å²) in [5.74, 6) is -0.0679. The maximum absolute atomic E-state index is 14.6. The molecule has 8 nitrogen and oxygen atoms in total. The highest BCUT2D eigenvalue weighted by molar-refractivity contribution is 7.22. The summed E-state index contributed by atoms with van der Waals surface area (Å²) in [6, 6.07) is 2.97. The number of aliphatic hydroxyl groups is 1. The highest BCUT2D eigenvalue weighted by Crippen LogP contribution is 2.44. The molecule has 36 heavy (non-hydrogen) atoms. The minimum absolute atomic E-state index is 0.0679. The van der Waals surface area contributed by atoms with Crippen LogP contribution < -0.4 is 9.64 Å². The van der Waals surface area contributed by atoms with Crippen molar-refractivity contribution in [1.82, 2.24) is 14.9 Å². The number of aromatic nitrogens is 2. The number of alkyl halides is 2. The van der Waals surface area contributed by atoms with Crippen molar-refractivity contribution in [3.05, 3.63) is 23.7 Å². The lowest BCUT2D eigenvalue weighted by Crippen LogP contribution is -2.55. The molecule has 1 N–H and O–H groups in total. The Bertz CT molecular complexity index is 1240. The average Bonchev–Trinajstić information content (AvgIpc) is 3.42. The summed E-state index contributed by atoms with van der Waals surface area (Å²) < 4.78 is 40.2. The molecule has 1 aliphatic heterocycles. The molecule has 1 aromatic carbocycles. The molecular formula is C24H30F2N4O4S2. The van der Waals surface area contributed by atoms with E-state index in [0.717, 1.165) is 13.8 Å². The molecule has 0 saturated carbocycles. The molecule has 1 amide bonds. The van der Waals surface area contributed by atoms with E-state index in [9.17, 15) is 18.7 Å². The minimum atomic E-state index is -3.82. The second-order valence-corrected chi connectivity index (χ2v) is 12.1. The van der Waals surface area contributed by atoms with Gasteiger partial charge < -0.3 is 24.4 Å². The van der Waals surface area contributed by atoms with Gasteiger partial charge in [-0.05, 0) is 53.7 Å². The molecule has 12 heteroatoms. The number of nitrogens with zero attached hydrogens (tertiary/aromatic N) is 4. The summed E-state index contributed by atoms with van der Waals surface area (Å²) in [6.07, 6.45) is -2.52. The molecule has 0 aliphatic carbocycles. The molecule has 1 aliphatic rings. The first-order valence-corrected chi connectivity index (χ1v) is 13.2. The van der Waals surface area contributed by atoms with Crippen LogP contribution in [-0.2, 0) is 4.74 Å². The van der Waals surface area contributed by atoms with Gasteiger partial charge in [0, 0.05) is 42.8 Å². The zero-order valence-electron chi connectivity index (χ0n) is 21.0. The molecule has 0 bridgehead atoms. The van der Waals surface area contributed by atoms with E-state index in [2.05, 4.69) is 4.98 Å². The summed E-state index contributed by atoms with van der Waals surface area (Å²) >= 11 is 2.65. The van der Waals surface area contributed by atoms with Gasteiger partial charge in [0.1, 0.15) is 16.4 Å². The number of fused-ring (bicyclic) bond motifs is 1. The van der Waals surface area contributed by atoms with Crippen LogP contribution in [-0.4, -0.2) is 69.1 Å². The van der Waals surface area contributed by atoms with Crippen molar-refractivity contribution >= 4 is 44.1 Å². The van der Waals surface area contributed by atoms with Crippen molar-refractivity contribution in [2.75, 3.05) is 24.5 Å². The number of hydrogen-bond donors (Lipinski definition) is 1. The fourth-order valence-corrected chi connectivity index (χ4v) is 5.44. The highest BCUT2D eigenvalue weighted by Gasteiger charge is 2.49. The SMILES string of the molecule is C[C@H]1CN(c2nc3c(-c4nccs4)ccc(OC(F)(F)C(C)(C)O)c3s2)CCN1C(=O)OC(C)(C)C. The lowest BCUT2D eigenvalue weighted by molar-refractivity contribution is -0.275. The predicted molar refractivity (Wildman–Crippen MR) is 137 cm³/mol. The number of thiazole rings is 2. The van der Waals surface area contributed by atoms with Crippen molar-refractivity contribution in [3.63, 3.8) is 0 Å². The Morgan fingerprint density at radius 1 is 1.19 bits per heavy atom. The molecule has 0 unspecified atom stereocenters. The number of carbonyl (C=O) groups excluding carboxylic acids is 1.